The molecule has 1 rings (SSSR count). The molecule has 29 heavy (non-hydrogen) atoms. The van der Waals surface area contributed by atoms with E-state index in [1.165, 1.54) is 0 Å². The van der Waals surface area contributed by atoms with Crippen molar-refractivity contribution in [2.75, 3.05) is 33.9 Å². The molecule has 9 nitrogen and oxygen atoms in total. The molecule has 0 unspecified atom stereocenters. The summed E-state index contributed by atoms with van der Waals surface area (Å²) in [5.74, 6) is 1.15. The van der Waals surface area contributed by atoms with E-state index in [0.29, 0.717) is 38.1 Å². The number of hydrogen-bond acceptors (Lipinski definition) is 6. The Hall–Kier alpha value is -2.55. The van der Waals surface area contributed by atoms with Crippen molar-refractivity contribution in [1.82, 2.24) is 20.9 Å². The van der Waals surface area contributed by atoms with Crippen molar-refractivity contribution < 1.29 is 19.0 Å². The normalized spacial score (nSPS) is 12.3. The van der Waals surface area contributed by atoms with Gasteiger partial charge in [-0.2, -0.15) is 0 Å². The molecular formula is C20H35N5O4. The molecule has 0 aliphatic rings. The van der Waals surface area contributed by atoms with Crippen LogP contribution in [0.2, 0.25) is 0 Å². The van der Waals surface area contributed by atoms with Gasteiger partial charge in [0.25, 0.3) is 0 Å². The molecular weight excluding hydrogens is 374 g/mol. The second-order valence-electron chi connectivity index (χ2n) is 8.10. The maximum Gasteiger partial charge on any atom is 0.408 e. The maximum absolute atomic E-state index is 12.0. The fraction of sp³-hybridized carbons (Fsp3) is 0.650. The molecule has 1 heterocycles. The third-order valence-electron chi connectivity index (χ3n) is 3.58. The Morgan fingerprint density at radius 2 is 1.90 bits per heavy atom. The fourth-order valence-corrected chi connectivity index (χ4v) is 2.24. The number of carbonyl (C=O) groups excluding carboxylic acids is 1. The van der Waals surface area contributed by atoms with E-state index in [-0.39, 0.29) is 0 Å². The topological polar surface area (TPSA) is 106 Å². The number of hydrogen-bond donors (Lipinski definition) is 3. The number of nitrogens with zero attached hydrogens (tertiary/aromatic N) is 2. The number of methoxy groups -OCH3 is 1. The number of alkyl carbamates (subject to hydrolysis) is 1. The summed E-state index contributed by atoms with van der Waals surface area (Å²) < 4.78 is 16.0. The number of ether oxygens (including phenoxy) is 3. The minimum absolute atomic E-state index is 0.429. The molecule has 1 aromatic heterocycles. The van der Waals surface area contributed by atoms with Crippen molar-refractivity contribution in [3.63, 3.8) is 0 Å². The molecule has 0 radical (unpaired) electrons. The molecule has 0 aliphatic carbocycles. The first-order valence-electron chi connectivity index (χ1n) is 9.57. The number of carbonyl (C=O) groups is 1. The molecule has 0 aliphatic heterocycles. The molecule has 0 fully saturated rings. The predicted molar refractivity (Wildman–Crippen MR) is 113 cm³/mol. The molecule has 0 saturated carbocycles. The van der Waals surface area contributed by atoms with E-state index in [2.05, 4.69) is 25.9 Å². The number of amides is 1. The number of guanidine groups is 1. The summed E-state index contributed by atoms with van der Waals surface area (Å²) in [6.07, 6.45) is 1.23. The van der Waals surface area contributed by atoms with E-state index in [1.54, 1.807) is 20.4 Å². The predicted octanol–water partition coefficient (Wildman–Crippen LogP) is 2.08. The van der Waals surface area contributed by atoms with Crippen LogP contribution in [0.4, 0.5) is 4.79 Å². The van der Waals surface area contributed by atoms with Crippen LogP contribution in [0, 0.1) is 0 Å². The Balaban J connectivity index is 2.56. The van der Waals surface area contributed by atoms with E-state index < -0.39 is 17.2 Å². The molecule has 0 spiro atoms. The molecule has 164 valence electrons. The van der Waals surface area contributed by atoms with E-state index in [4.69, 9.17) is 14.2 Å². The van der Waals surface area contributed by atoms with Gasteiger partial charge in [0, 0.05) is 39.0 Å². The van der Waals surface area contributed by atoms with Gasteiger partial charge in [0.15, 0.2) is 5.96 Å². The molecule has 1 aromatic rings. The van der Waals surface area contributed by atoms with Crippen LogP contribution in [0.5, 0.6) is 5.88 Å². The highest BCUT2D eigenvalue weighted by molar-refractivity contribution is 5.79. The summed E-state index contributed by atoms with van der Waals surface area (Å²) in [5.41, 5.74) is -0.182. The first-order chi connectivity index (χ1) is 13.6. The first kappa shape index (κ1) is 24.5. The molecule has 1 amide bonds. The Morgan fingerprint density at radius 3 is 2.52 bits per heavy atom. The lowest BCUT2D eigenvalue weighted by atomic mass is 10.1. The van der Waals surface area contributed by atoms with Gasteiger partial charge in [0.2, 0.25) is 5.88 Å². The summed E-state index contributed by atoms with van der Waals surface area (Å²) in [6, 6.07) is 3.79. The minimum Gasteiger partial charge on any atom is -0.475 e. The number of rotatable bonds is 9. The minimum atomic E-state index is -0.544. The SMILES string of the molecule is CN=C(NCc1cccnc1OCCOC)NCC(C)(C)NC(=O)OC(C)(C)C. The zero-order valence-corrected chi connectivity index (χ0v) is 18.6. The molecule has 0 aromatic carbocycles. The lowest BCUT2D eigenvalue weighted by Gasteiger charge is -2.29. The number of aliphatic imine (C=N–C) groups is 1. The van der Waals surface area contributed by atoms with E-state index >= 15 is 0 Å². The van der Waals surface area contributed by atoms with Gasteiger partial charge in [-0.3, -0.25) is 4.99 Å². The van der Waals surface area contributed by atoms with Crippen LogP contribution in [0.3, 0.4) is 0 Å². The van der Waals surface area contributed by atoms with Crippen molar-refractivity contribution in [1.29, 1.82) is 0 Å². The van der Waals surface area contributed by atoms with Crippen molar-refractivity contribution >= 4 is 12.1 Å². The Kier molecular flexibility index (Phi) is 9.67. The molecule has 0 atom stereocenters. The lowest BCUT2D eigenvalue weighted by Crippen LogP contribution is -2.54. The Bertz CT molecular complexity index is 671. The van der Waals surface area contributed by atoms with Crippen molar-refractivity contribution in [2.24, 2.45) is 4.99 Å². The van der Waals surface area contributed by atoms with Crippen LogP contribution in [0.1, 0.15) is 40.2 Å². The average molecular weight is 410 g/mol. The van der Waals surface area contributed by atoms with Gasteiger partial charge < -0.3 is 30.2 Å². The molecule has 0 bridgehead atoms. The van der Waals surface area contributed by atoms with Gasteiger partial charge in [0.1, 0.15) is 12.2 Å². The first-order valence-corrected chi connectivity index (χ1v) is 9.57. The van der Waals surface area contributed by atoms with Crippen LogP contribution in [0.25, 0.3) is 0 Å². The quantitative estimate of drug-likeness (QED) is 0.326. The van der Waals surface area contributed by atoms with Crippen molar-refractivity contribution in [3.05, 3.63) is 23.9 Å². The number of nitrogens with one attached hydrogen (secondary N) is 3. The van der Waals surface area contributed by atoms with Crippen LogP contribution in [-0.4, -0.2) is 62.1 Å². The monoisotopic (exact) mass is 409 g/mol. The summed E-state index contributed by atoms with van der Waals surface area (Å²) >= 11 is 0. The average Bonchev–Trinajstić information content (AvgIpc) is 2.61. The van der Waals surface area contributed by atoms with Crippen LogP contribution < -0.4 is 20.7 Å². The van der Waals surface area contributed by atoms with Crippen LogP contribution in [0.15, 0.2) is 23.3 Å². The molecule has 0 saturated heterocycles. The van der Waals surface area contributed by atoms with E-state index in [0.717, 1.165) is 5.56 Å². The highest BCUT2D eigenvalue weighted by atomic mass is 16.6. The third-order valence-corrected chi connectivity index (χ3v) is 3.58. The van der Waals surface area contributed by atoms with Crippen LogP contribution in [-0.2, 0) is 16.0 Å². The Morgan fingerprint density at radius 1 is 1.17 bits per heavy atom. The smallest absolute Gasteiger partial charge is 0.408 e. The zero-order valence-electron chi connectivity index (χ0n) is 18.6. The second-order valence-corrected chi connectivity index (χ2v) is 8.10. The summed E-state index contributed by atoms with van der Waals surface area (Å²) in [5, 5.41) is 9.29. The highest BCUT2D eigenvalue weighted by Gasteiger charge is 2.24. The van der Waals surface area contributed by atoms with Gasteiger partial charge in [-0.15, -0.1) is 0 Å². The van der Waals surface area contributed by atoms with Gasteiger partial charge >= 0.3 is 6.09 Å². The largest absolute Gasteiger partial charge is 0.475 e. The fourth-order valence-electron chi connectivity index (χ4n) is 2.24. The molecule has 9 heteroatoms. The standard InChI is InChI=1S/C20H35N5O4/c1-19(2,3)29-18(26)25-20(4,5)14-24-17(21-6)23-13-15-9-8-10-22-16(15)28-12-11-27-7/h8-10H,11-14H2,1-7H3,(H,25,26)(H2,21,23,24). The Labute approximate surface area is 173 Å². The summed E-state index contributed by atoms with van der Waals surface area (Å²) in [6.45, 7) is 11.1. The third kappa shape index (κ3) is 10.5. The summed E-state index contributed by atoms with van der Waals surface area (Å²) in [7, 11) is 3.31. The second kappa shape index (κ2) is 11.5. The zero-order chi connectivity index (χ0) is 21.9. The molecule has 3 N–H and O–H groups in total. The van der Waals surface area contributed by atoms with Gasteiger partial charge in [0.05, 0.1) is 12.1 Å². The van der Waals surface area contributed by atoms with Gasteiger partial charge in [-0.05, 0) is 40.7 Å². The highest BCUT2D eigenvalue weighted by Crippen LogP contribution is 2.14. The van der Waals surface area contributed by atoms with E-state index in [9.17, 15) is 4.79 Å². The van der Waals surface area contributed by atoms with E-state index in [1.807, 2.05) is 46.8 Å². The lowest BCUT2D eigenvalue weighted by molar-refractivity contribution is 0.0474. The maximum atomic E-state index is 12.0. The van der Waals surface area contributed by atoms with Gasteiger partial charge in [-0.25, -0.2) is 9.78 Å². The van der Waals surface area contributed by atoms with Gasteiger partial charge in [-0.1, -0.05) is 6.07 Å². The number of aromatic nitrogens is 1. The number of pyridine rings is 1. The van der Waals surface area contributed by atoms with Crippen LogP contribution >= 0.6 is 0 Å². The van der Waals surface area contributed by atoms with Crippen molar-refractivity contribution in [2.45, 2.75) is 52.3 Å². The van der Waals surface area contributed by atoms with Crippen molar-refractivity contribution in [3.8, 4) is 5.88 Å². The summed E-state index contributed by atoms with van der Waals surface area (Å²) in [4.78, 5) is 20.5.